The molecule has 1 aromatic carbocycles. The van der Waals surface area contributed by atoms with Crippen LogP contribution in [0.4, 0.5) is 0 Å². The van der Waals surface area contributed by atoms with Crippen LogP contribution in [0, 0.1) is 0 Å². The maximum Gasteiger partial charge on any atom is 0.305 e. The highest BCUT2D eigenvalue weighted by Crippen LogP contribution is 2.10. The van der Waals surface area contributed by atoms with Crippen molar-refractivity contribution in [3.8, 4) is 0 Å². The monoisotopic (exact) mass is 241 g/mol. The second-order valence-electron chi connectivity index (χ2n) is 4.50. The van der Waals surface area contributed by atoms with Gasteiger partial charge in [-0.15, -0.1) is 5.43 Å². The number of nitrogens with one attached hydrogen (secondary N) is 1. The molecule has 0 radical (unpaired) electrons. The zero-order valence-corrected chi connectivity index (χ0v) is 10.6. The van der Waals surface area contributed by atoms with Crippen LogP contribution in [0.1, 0.15) is 35.7 Å². The van der Waals surface area contributed by atoms with E-state index < -0.39 is 0 Å². The van der Waals surface area contributed by atoms with Gasteiger partial charge < -0.3 is 0 Å². The van der Waals surface area contributed by atoms with Crippen LogP contribution in [-0.2, 0) is 0 Å². The van der Waals surface area contributed by atoms with E-state index in [0.29, 0.717) is 11.5 Å². The number of hydrogen-bond donors (Lipinski definition) is 1. The smallest absolute Gasteiger partial charge is 0.264 e. The van der Waals surface area contributed by atoms with Gasteiger partial charge in [-0.25, -0.2) is 0 Å². The Morgan fingerprint density at radius 2 is 1.67 bits per heavy atom. The summed E-state index contributed by atoms with van der Waals surface area (Å²) in [4.78, 5) is 11.9. The van der Waals surface area contributed by atoms with Crippen molar-refractivity contribution in [1.82, 2.24) is 0 Å². The van der Waals surface area contributed by atoms with Crippen molar-refractivity contribution >= 4 is 5.91 Å². The number of aromatic nitrogens is 1. The Balaban J connectivity index is 2.08. The summed E-state index contributed by atoms with van der Waals surface area (Å²) in [6, 6.07) is 13.2. The van der Waals surface area contributed by atoms with Gasteiger partial charge in [-0.3, -0.25) is 4.79 Å². The molecule has 0 spiro atoms. The lowest BCUT2D eigenvalue weighted by atomic mass is 10.1. The summed E-state index contributed by atoms with van der Waals surface area (Å²) in [6.45, 7) is 4.28. The third kappa shape index (κ3) is 2.94. The Hall–Kier alpha value is -2.16. The molecule has 2 aromatic rings. The van der Waals surface area contributed by atoms with Crippen LogP contribution in [0.2, 0.25) is 0 Å². The first kappa shape index (κ1) is 12.3. The van der Waals surface area contributed by atoms with Gasteiger partial charge in [0.25, 0.3) is 0 Å². The fourth-order valence-corrected chi connectivity index (χ4v) is 1.67. The highest BCUT2D eigenvalue weighted by molar-refractivity contribution is 5.98. The fraction of sp³-hybridized carbons (Fsp3) is 0.200. The summed E-state index contributed by atoms with van der Waals surface area (Å²) in [5, 5.41) is 0. The topological polar surface area (TPSA) is 33.0 Å². The predicted octanol–water partition coefficient (Wildman–Crippen LogP) is 2.48. The Bertz CT molecular complexity index is 518. The number of carbonyl (C=O) groups is 1. The van der Waals surface area contributed by atoms with Gasteiger partial charge in [-0.2, -0.15) is 0 Å². The third-order valence-corrected chi connectivity index (χ3v) is 2.79. The summed E-state index contributed by atoms with van der Waals surface area (Å²) < 4.78 is 1.67. The van der Waals surface area contributed by atoms with Gasteiger partial charge in [0.05, 0.1) is 0 Å². The standard InChI is InChI=1S/C15H16N2O/c1-12(2)13-8-10-17(11-9-13)16-15(18)14-6-4-3-5-7-14/h3-12H,1-2H3/p+1. The van der Waals surface area contributed by atoms with Crippen LogP contribution < -0.4 is 10.1 Å². The first-order valence-corrected chi connectivity index (χ1v) is 6.04. The average molecular weight is 241 g/mol. The summed E-state index contributed by atoms with van der Waals surface area (Å²) in [7, 11) is 0. The number of carbonyl (C=O) groups excluding carboxylic acids is 1. The van der Waals surface area contributed by atoms with Gasteiger partial charge in [-0.05, 0) is 23.6 Å². The minimum absolute atomic E-state index is 0.113. The SMILES string of the molecule is CC(C)c1cc[n+](NC(=O)c2ccccc2)cc1. The van der Waals surface area contributed by atoms with Gasteiger partial charge in [0.15, 0.2) is 12.4 Å². The van der Waals surface area contributed by atoms with E-state index in [4.69, 9.17) is 0 Å². The molecular formula is C15H17N2O+. The van der Waals surface area contributed by atoms with Crippen LogP contribution in [0.3, 0.4) is 0 Å². The molecule has 0 saturated carbocycles. The van der Waals surface area contributed by atoms with Crippen LogP contribution in [0.15, 0.2) is 54.9 Å². The van der Waals surface area contributed by atoms with Crippen molar-refractivity contribution in [2.45, 2.75) is 19.8 Å². The molecule has 92 valence electrons. The quantitative estimate of drug-likeness (QED) is 0.823. The Kier molecular flexibility index (Phi) is 3.72. The van der Waals surface area contributed by atoms with Crippen molar-refractivity contribution in [2.24, 2.45) is 0 Å². The zero-order valence-electron chi connectivity index (χ0n) is 10.6. The molecule has 1 aromatic heterocycles. The molecule has 18 heavy (non-hydrogen) atoms. The first-order valence-electron chi connectivity index (χ1n) is 6.04. The van der Waals surface area contributed by atoms with Crippen LogP contribution in [-0.4, -0.2) is 5.91 Å². The number of benzene rings is 1. The van der Waals surface area contributed by atoms with Crippen LogP contribution in [0.25, 0.3) is 0 Å². The van der Waals surface area contributed by atoms with Crippen LogP contribution >= 0.6 is 0 Å². The molecule has 2 rings (SSSR count). The maximum atomic E-state index is 11.9. The lowest BCUT2D eigenvalue weighted by molar-refractivity contribution is -0.641. The molecular weight excluding hydrogens is 224 g/mol. The summed E-state index contributed by atoms with van der Waals surface area (Å²) >= 11 is 0. The van der Waals surface area contributed by atoms with Gasteiger partial charge in [0, 0.05) is 17.7 Å². The fourth-order valence-electron chi connectivity index (χ4n) is 1.67. The maximum absolute atomic E-state index is 11.9. The molecule has 3 nitrogen and oxygen atoms in total. The van der Waals surface area contributed by atoms with Crippen molar-refractivity contribution in [3.05, 3.63) is 66.0 Å². The van der Waals surface area contributed by atoms with E-state index in [1.165, 1.54) is 5.56 Å². The molecule has 0 fully saturated rings. The third-order valence-electron chi connectivity index (χ3n) is 2.79. The Morgan fingerprint density at radius 1 is 1.06 bits per heavy atom. The van der Waals surface area contributed by atoms with Crippen molar-refractivity contribution in [3.63, 3.8) is 0 Å². The average Bonchev–Trinajstić information content (AvgIpc) is 2.40. The normalized spacial score (nSPS) is 10.4. The molecule has 1 N–H and O–H groups in total. The van der Waals surface area contributed by atoms with Gasteiger partial charge in [-0.1, -0.05) is 36.7 Å². The number of rotatable bonds is 3. The van der Waals surface area contributed by atoms with Gasteiger partial charge in [0.1, 0.15) is 0 Å². The van der Waals surface area contributed by atoms with E-state index >= 15 is 0 Å². The molecule has 0 saturated heterocycles. The summed E-state index contributed by atoms with van der Waals surface area (Å²) in [6.07, 6.45) is 3.71. The first-order chi connectivity index (χ1) is 8.66. The largest absolute Gasteiger partial charge is 0.305 e. The summed E-state index contributed by atoms with van der Waals surface area (Å²) in [5.41, 5.74) is 4.70. The van der Waals surface area contributed by atoms with Gasteiger partial charge in [0.2, 0.25) is 0 Å². The Labute approximate surface area is 107 Å². The molecule has 0 unspecified atom stereocenters. The molecule has 0 atom stereocenters. The van der Waals surface area contributed by atoms with Crippen molar-refractivity contribution in [2.75, 3.05) is 5.43 Å². The second kappa shape index (κ2) is 5.45. The van der Waals surface area contributed by atoms with E-state index in [1.807, 2.05) is 42.7 Å². The van der Waals surface area contributed by atoms with Crippen LogP contribution in [0.5, 0.6) is 0 Å². The number of hydrogen-bond acceptors (Lipinski definition) is 1. The number of nitrogens with zero attached hydrogens (tertiary/aromatic N) is 1. The predicted molar refractivity (Wildman–Crippen MR) is 70.9 cm³/mol. The molecule has 0 aliphatic heterocycles. The zero-order chi connectivity index (χ0) is 13.0. The Morgan fingerprint density at radius 3 is 2.22 bits per heavy atom. The minimum atomic E-state index is -0.113. The molecule has 3 heteroatoms. The van der Waals surface area contributed by atoms with E-state index in [0.717, 1.165) is 0 Å². The van der Waals surface area contributed by atoms with Gasteiger partial charge >= 0.3 is 5.91 Å². The van der Waals surface area contributed by atoms with E-state index in [-0.39, 0.29) is 5.91 Å². The minimum Gasteiger partial charge on any atom is -0.264 e. The highest BCUT2D eigenvalue weighted by atomic mass is 16.2. The molecule has 0 aliphatic carbocycles. The van der Waals surface area contributed by atoms with Crippen molar-refractivity contribution in [1.29, 1.82) is 0 Å². The number of pyridine rings is 1. The lowest BCUT2D eigenvalue weighted by Gasteiger charge is -2.03. The second-order valence-corrected chi connectivity index (χ2v) is 4.50. The summed E-state index contributed by atoms with van der Waals surface area (Å²) in [5.74, 6) is 0.377. The lowest BCUT2D eigenvalue weighted by Crippen LogP contribution is -2.47. The molecule has 0 aliphatic rings. The molecule has 1 heterocycles. The van der Waals surface area contributed by atoms with E-state index in [1.54, 1.807) is 16.8 Å². The highest BCUT2D eigenvalue weighted by Gasteiger charge is 2.10. The van der Waals surface area contributed by atoms with E-state index in [9.17, 15) is 4.79 Å². The molecule has 0 bridgehead atoms. The van der Waals surface area contributed by atoms with Crippen molar-refractivity contribution < 1.29 is 9.47 Å². The van der Waals surface area contributed by atoms with E-state index in [2.05, 4.69) is 19.3 Å². The number of amides is 1. The molecule has 1 amide bonds.